The average Bonchev–Trinajstić information content (AvgIpc) is 3.29. The second kappa shape index (κ2) is 7.22. The number of carbonyl (C=O) groups excluding carboxylic acids is 3. The van der Waals surface area contributed by atoms with Crippen molar-refractivity contribution >= 4 is 17.8 Å². The number of rotatable bonds is 4. The lowest BCUT2D eigenvalue weighted by molar-refractivity contribution is -0.0500. The molecule has 0 aromatic heterocycles. The van der Waals surface area contributed by atoms with Crippen molar-refractivity contribution in [2.45, 2.75) is 18.4 Å². The molecule has 146 valence electrons. The third-order valence-corrected chi connectivity index (χ3v) is 4.99. The maximum Gasteiger partial charge on any atom is 0.409 e. The highest BCUT2D eigenvalue weighted by molar-refractivity contribution is 5.98. The summed E-state index contributed by atoms with van der Waals surface area (Å²) in [6, 6.07) is 1.56. The number of amides is 1. The molecule has 1 amide bonds. The first-order valence-electron chi connectivity index (χ1n) is 8.38. The highest BCUT2D eigenvalue weighted by Crippen LogP contribution is 2.51. The zero-order valence-electron chi connectivity index (χ0n) is 14.9. The van der Waals surface area contributed by atoms with Gasteiger partial charge in [0.1, 0.15) is 11.6 Å². The van der Waals surface area contributed by atoms with Gasteiger partial charge in [-0.2, -0.15) is 0 Å². The van der Waals surface area contributed by atoms with Crippen LogP contribution in [0.1, 0.15) is 33.6 Å². The highest BCUT2D eigenvalue weighted by Gasteiger charge is 2.59. The number of morpholine rings is 1. The molecule has 2 atom stereocenters. The van der Waals surface area contributed by atoms with Crippen LogP contribution >= 0.6 is 0 Å². The third kappa shape index (κ3) is 3.64. The van der Waals surface area contributed by atoms with E-state index < -0.39 is 40.6 Å². The molecule has 1 aliphatic carbocycles. The number of carbonyl (C=O) groups is 3. The zero-order chi connectivity index (χ0) is 19.8. The van der Waals surface area contributed by atoms with Gasteiger partial charge in [0.05, 0.1) is 44.1 Å². The third-order valence-electron chi connectivity index (χ3n) is 4.99. The van der Waals surface area contributed by atoms with E-state index in [0.29, 0.717) is 19.6 Å². The predicted octanol–water partition coefficient (Wildman–Crippen LogP) is 2.18. The molecule has 1 saturated carbocycles. The van der Waals surface area contributed by atoms with Crippen molar-refractivity contribution in [3.8, 4) is 0 Å². The SMILES string of the molecule is COC(=O)c1cc(F)c(C(=O)CC2CC23CN(C(=O)OC)CCO3)c(F)c1. The minimum atomic E-state index is -1.11. The number of hydrogen-bond acceptors (Lipinski definition) is 6. The van der Waals surface area contributed by atoms with Crippen LogP contribution in [0, 0.1) is 17.6 Å². The van der Waals surface area contributed by atoms with Crippen molar-refractivity contribution < 1.29 is 37.4 Å². The van der Waals surface area contributed by atoms with E-state index in [-0.39, 0.29) is 24.4 Å². The van der Waals surface area contributed by atoms with Gasteiger partial charge in [0.25, 0.3) is 0 Å². The smallest absolute Gasteiger partial charge is 0.409 e. The summed E-state index contributed by atoms with van der Waals surface area (Å²) in [5.74, 6) is -4.10. The molecule has 1 aromatic rings. The zero-order valence-corrected chi connectivity index (χ0v) is 14.9. The van der Waals surface area contributed by atoms with Gasteiger partial charge in [-0.1, -0.05) is 0 Å². The molecule has 27 heavy (non-hydrogen) atoms. The Labute approximate surface area is 154 Å². The Morgan fingerprint density at radius 2 is 1.89 bits per heavy atom. The van der Waals surface area contributed by atoms with Gasteiger partial charge in [-0.3, -0.25) is 4.79 Å². The molecule has 2 fully saturated rings. The molecule has 1 spiro atoms. The number of Topliss-reactive ketones (excluding diaryl/α,β-unsaturated/α-hetero) is 1. The fraction of sp³-hybridized carbons (Fsp3) is 0.500. The Morgan fingerprint density at radius 3 is 2.48 bits per heavy atom. The summed E-state index contributed by atoms with van der Waals surface area (Å²) >= 11 is 0. The van der Waals surface area contributed by atoms with Crippen LogP contribution < -0.4 is 0 Å². The number of benzene rings is 1. The van der Waals surface area contributed by atoms with Gasteiger partial charge in [0, 0.05) is 13.0 Å². The molecule has 1 heterocycles. The van der Waals surface area contributed by atoms with Gasteiger partial charge in [-0.25, -0.2) is 18.4 Å². The monoisotopic (exact) mass is 383 g/mol. The summed E-state index contributed by atoms with van der Waals surface area (Å²) in [4.78, 5) is 37.0. The summed E-state index contributed by atoms with van der Waals surface area (Å²) in [6.45, 7) is 0.952. The second-order valence-electron chi connectivity index (χ2n) is 6.64. The Hall–Kier alpha value is -2.55. The molecule has 3 rings (SSSR count). The van der Waals surface area contributed by atoms with Crippen LogP contribution in [0.5, 0.6) is 0 Å². The molecular formula is C18H19F2NO6. The Bertz CT molecular complexity index is 775. The highest BCUT2D eigenvalue weighted by atomic mass is 19.1. The van der Waals surface area contributed by atoms with Crippen LogP contribution in [0.4, 0.5) is 13.6 Å². The minimum Gasteiger partial charge on any atom is -0.465 e. The number of ketones is 1. The largest absolute Gasteiger partial charge is 0.465 e. The second-order valence-corrected chi connectivity index (χ2v) is 6.64. The quantitative estimate of drug-likeness (QED) is 0.586. The number of esters is 1. The van der Waals surface area contributed by atoms with Crippen LogP contribution in [0.2, 0.25) is 0 Å². The summed E-state index contributed by atoms with van der Waals surface area (Å²) in [5, 5.41) is 0. The van der Waals surface area contributed by atoms with E-state index in [1.54, 1.807) is 0 Å². The lowest BCUT2D eigenvalue weighted by Crippen LogP contribution is -2.47. The first-order chi connectivity index (χ1) is 12.8. The molecular weight excluding hydrogens is 364 g/mol. The van der Waals surface area contributed by atoms with E-state index in [9.17, 15) is 23.2 Å². The lowest BCUT2D eigenvalue weighted by Gasteiger charge is -2.33. The molecule has 1 aliphatic heterocycles. The van der Waals surface area contributed by atoms with Crippen molar-refractivity contribution in [3.05, 3.63) is 34.9 Å². The number of methoxy groups -OCH3 is 2. The van der Waals surface area contributed by atoms with E-state index in [1.807, 2.05) is 0 Å². The number of hydrogen-bond donors (Lipinski definition) is 0. The molecule has 0 N–H and O–H groups in total. The first-order valence-corrected chi connectivity index (χ1v) is 8.38. The minimum absolute atomic E-state index is 0.125. The molecule has 2 unspecified atom stereocenters. The lowest BCUT2D eigenvalue weighted by atomic mass is 10.0. The predicted molar refractivity (Wildman–Crippen MR) is 87.4 cm³/mol. The number of halogens is 2. The number of ether oxygens (including phenoxy) is 3. The van der Waals surface area contributed by atoms with Gasteiger partial charge in [-0.15, -0.1) is 0 Å². The summed E-state index contributed by atoms with van der Waals surface area (Å²) in [7, 11) is 2.37. The molecule has 1 aromatic carbocycles. The number of nitrogens with zero attached hydrogens (tertiary/aromatic N) is 1. The van der Waals surface area contributed by atoms with Gasteiger partial charge < -0.3 is 19.1 Å². The molecule has 0 radical (unpaired) electrons. The average molecular weight is 383 g/mol. The van der Waals surface area contributed by atoms with E-state index in [0.717, 1.165) is 19.2 Å². The summed E-state index contributed by atoms with van der Waals surface area (Å²) in [6.07, 6.45) is -0.0963. The van der Waals surface area contributed by atoms with Crippen LogP contribution in [0.25, 0.3) is 0 Å². The standard InChI is InChI=1S/C18H19F2NO6/c1-25-16(23)10-5-12(19)15(13(20)6-10)14(22)7-11-8-18(11)9-21(3-4-27-18)17(24)26-2/h5-6,11H,3-4,7-9H2,1-2H3. The fourth-order valence-electron chi connectivity index (χ4n) is 3.48. The maximum absolute atomic E-state index is 14.2. The van der Waals surface area contributed by atoms with Gasteiger partial charge in [0.15, 0.2) is 5.78 Å². The summed E-state index contributed by atoms with van der Waals surface area (Å²) < 4.78 is 43.3. The molecule has 7 nitrogen and oxygen atoms in total. The van der Waals surface area contributed by atoms with Crippen molar-refractivity contribution in [1.82, 2.24) is 4.90 Å². The van der Waals surface area contributed by atoms with Gasteiger partial charge in [0.2, 0.25) is 0 Å². The van der Waals surface area contributed by atoms with Crippen molar-refractivity contribution in [2.24, 2.45) is 5.92 Å². The molecule has 0 bridgehead atoms. The van der Waals surface area contributed by atoms with Crippen molar-refractivity contribution in [1.29, 1.82) is 0 Å². The fourth-order valence-corrected chi connectivity index (χ4v) is 3.48. The van der Waals surface area contributed by atoms with Crippen LogP contribution in [-0.4, -0.2) is 62.3 Å². The van der Waals surface area contributed by atoms with E-state index in [4.69, 9.17) is 9.47 Å². The molecule has 2 aliphatic rings. The van der Waals surface area contributed by atoms with E-state index >= 15 is 0 Å². The topological polar surface area (TPSA) is 82.1 Å². The van der Waals surface area contributed by atoms with Crippen LogP contribution in [-0.2, 0) is 14.2 Å². The van der Waals surface area contributed by atoms with Crippen LogP contribution in [0.3, 0.4) is 0 Å². The first kappa shape index (κ1) is 19.2. The van der Waals surface area contributed by atoms with E-state index in [2.05, 4.69) is 4.74 Å². The Balaban J connectivity index is 1.70. The van der Waals surface area contributed by atoms with Gasteiger partial charge >= 0.3 is 12.1 Å². The normalized spacial score (nSPS) is 23.9. The van der Waals surface area contributed by atoms with Crippen molar-refractivity contribution in [3.63, 3.8) is 0 Å². The Morgan fingerprint density at radius 1 is 1.22 bits per heavy atom. The maximum atomic E-state index is 14.2. The molecule has 9 heteroatoms. The van der Waals surface area contributed by atoms with Gasteiger partial charge in [-0.05, 0) is 24.5 Å². The summed E-state index contributed by atoms with van der Waals surface area (Å²) in [5.41, 5.74) is -1.68. The molecule has 1 saturated heterocycles. The van der Waals surface area contributed by atoms with E-state index in [1.165, 1.54) is 12.0 Å². The van der Waals surface area contributed by atoms with Crippen molar-refractivity contribution in [2.75, 3.05) is 33.9 Å². The van der Waals surface area contributed by atoms with Crippen LogP contribution in [0.15, 0.2) is 12.1 Å². The Kier molecular flexibility index (Phi) is 5.14.